The van der Waals surface area contributed by atoms with E-state index in [0.717, 1.165) is 11.1 Å². The van der Waals surface area contributed by atoms with Crippen LogP contribution in [0.3, 0.4) is 0 Å². The van der Waals surface area contributed by atoms with Crippen molar-refractivity contribution in [2.24, 2.45) is 0 Å². The van der Waals surface area contributed by atoms with Crippen molar-refractivity contribution in [1.29, 1.82) is 0 Å². The Kier molecular flexibility index (Phi) is 5.61. The van der Waals surface area contributed by atoms with Crippen LogP contribution in [0.1, 0.15) is 16.1 Å². The van der Waals surface area contributed by atoms with Gasteiger partial charge in [-0.1, -0.05) is 53.7 Å². The number of amides is 1. The second-order valence-corrected chi connectivity index (χ2v) is 7.52. The van der Waals surface area contributed by atoms with E-state index in [2.05, 4.69) is 15.5 Å². The van der Waals surface area contributed by atoms with Gasteiger partial charge in [0.1, 0.15) is 5.69 Å². The molecule has 0 bridgehead atoms. The van der Waals surface area contributed by atoms with Crippen LogP contribution in [-0.4, -0.2) is 28.6 Å². The van der Waals surface area contributed by atoms with Crippen LogP contribution in [0.5, 0.6) is 0 Å². The Hall–Kier alpha value is -4.72. The van der Waals surface area contributed by atoms with Crippen LogP contribution in [0.15, 0.2) is 88.0 Å². The van der Waals surface area contributed by atoms with Gasteiger partial charge in [-0.05, 0) is 36.8 Å². The SMILES string of the molecule is Cc1noc2nc(-c3ccco3)cc(C(=O)OCC(=O)Nc3ccccc3-c3ccccc3)c12. The molecule has 0 aliphatic heterocycles. The largest absolute Gasteiger partial charge is 0.463 e. The second kappa shape index (κ2) is 9.03. The zero-order valence-corrected chi connectivity index (χ0v) is 18.1. The third-order valence-electron chi connectivity index (χ3n) is 5.23. The highest BCUT2D eigenvalue weighted by atomic mass is 16.5. The van der Waals surface area contributed by atoms with Crippen LogP contribution in [0, 0.1) is 6.92 Å². The summed E-state index contributed by atoms with van der Waals surface area (Å²) in [6, 6.07) is 22.1. The minimum atomic E-state index is -0.696. The van der Waals surface area contributed by atoms with Crippen LogP contribution in [-0.2, 0) is 9.53 Å². The number of carbonyl (C=O) groups is 2. The Balaban J connectivity index is 1.35. The average molecular weight is 453 g/mol. The summed E-state index contributed by atoms with van der Waals surface area (Å²) in [5.41, 5.74) is 3.69. The fourth-order valence-corrected chi connectivity index (χ4v) is 3.66. The minimum absolute atomic E-state index is 0.180. The summed E-state index contributed by atoms with van der Waals surface area (Å²) in [5.74, 6) is -0.700. The number of hydrogen-bond acceptors (Lipinski definition) is 7. The molecule has 3 aromatic heterocycles. The van der Waals surface area contributed by atoms with Crippen molar-refractivity contribution in [2.75, 3.05) is 11.9 Å². The summed E-state index contributed by atoms with van der Waals surface area (Å²) in [7, 11) is 0. The van der Waals surface area contributed by atoms with E-state index in [9.17, 15) is 9.59 Å². The Bertz CT molecular complexity index is 1470. The van der Waals surface area contributed by atoms with Gasteiger partial charge in [-0.15, -0.1) is 0 Å². The summed E-state index contributed by atoms with van der Waals surface area (Å²) in [6.45, 7) is 1.23. The molecule has 0 spiro atoms. The van der Waals surface area contributed by atoms with E-state index in [0.29, 0.717) is 28.2 Å². The first kappa shape index (κ1) is 21.1. The number of pyridine rings is 1. The van der Waals surface area contributed by atoms with Gasteiger partial charge in [0, 0.05) is 11.3 Å². The number of hydrogen-bond donors (Lipinski definition) is 1. The molecule has 0 atom stereocenters. The first-order valence-electron chi connectivity index (χ1n) is 10.5. The van der Waals surface area contributed by atoms with E-state index >= 15 is 0 Å². The highest BCUT2D eigenvalue weighted by Gasteiger charge is 2.22. The van der Waals surface area contributed by atoms with Crippen LogP contribution in [0.2, 0.25) is 0 Å². The first-order chi connectivity index (χ1) is 16.6. The zero-order chi connectivity index (χ0) is 23.5. The molecule has 0 unspecified atom stereocenters. The Labute approximate surface area is 194 Å². The summed E-state index contributed by atoms with van der Waals surface area (Å²) < 4.78 is 16.0. The van der Waals surface area contributed by atoms with Gasteiger partial charge < -0.3 is 19.0 Å². The van der Waals surface area contributed by atoms with Gasteiger partial charge >= 0.3 is 5.97 Å². The Morgan fingerprint density at radius 3 is 2.59 bits per heavy atom. The fourth-order valence-electron chi connectivity index (χ4n) is 3.66. The molecule has 5 rings (SSSR count). The quantitative estimate of drug-likeness (QED) is 0.350. The number of ether oxygens (including phenoxy) is 1. The molecule has 34 heavy (non-hydrogen) atoms. The number of esters is 1. The standard InChI is InChI=1S/C26H19N3O5/c1-16-24-19(14-21(22-12-7-13-32-22)28-25(24)34-29-16)26(31)33-15-23(30)27-20-11-6-5-10-18(20)17-8-3-2-4-9-17/h2-14H,15H2,1H3,(H,27,30). The number of rotatable bonds is 6. The maximum Gasteiger partial charge on any atom is 0.339 e. The lowest BCUT2D eigenvalue weighted by molar-refractivity contribution is -0.119. The predicted molar refractivity (Wildman–Crippen MR) is 125 cm³/mol. The number of fused-ring (bicyclic) bond motifs is 1. The average Bonchev–Trinajstić information content (AvgIpc) is 3.53. The fraction of sp³-hybridized carbons (Fsp3) is 0.0769. The monoisotopic (exact) mass is 453 g/mol. The Morgan fingerprint density at radius 1 is 1.00 bits per heavy atom. The molecule has 3 heterocycles. The number of benzene rings is 2. The molecule has 1 amide bonds. The number of anilines is 1. The molecule has 0 radical (unpaired) electrons. The topological polar surface area (TPSA) is 107 Å². The van der Waals surface area contributed by atoms with Crippen LogP contribution >= 0.6 is 0 Å². The van der Waals surface area contributed by atoms with E-state index in [-0.39, 0.29) is 11.3 Å². The maximum absolute atomic E-state index is 12.9. The Morgan fingerprint density at radius 2 is 1.79 bits per heavy atom. The molecule has 5 aromatic rings. The van der Waals surface area contributed by atoms with Crippen LogP contribution in [0.4, 0.5) is 5.69 Å². The molecule has 0 aliphatic carbocycles. The van der Waals surface area contributed by atoms with Crippen LogP contribution in [0.25, 0.3) is 33.7 Å². The van der Waals surface area contributed by atoms with Crippen molar-refractivity contribution in [3.8, 4) is 22.6 Å². The van der Waals surface area contributed by atoms with Crippen molar-refractivity contribution in [3.63, 3.8) is 0 Å². The van der Waals surface area contributed by atoms with Gasteiger partial charge in [0.25, 0.3) is 11.6 Å². The molecule has 2 aromatic carbocycles. The van der Waals surface area contributed by atoms with Gasteiger partial charge in [0.05, 0.1) is 22.9 Å². The third-order valence-corrected chi connectivity index (χ3v) is 5.23. The molecule has 0 aliphatic rings. The smallest absolute Gasteiger partial charge is 0.339 e. The third kappa shape index (κ3) is 4.16. The molecule has 0 saturated carbocycles. The summed E-state index contributed by atoms with van der Waals surface area (Å²) >= 11 is 0. The van der Waals surface area contributed by atoms with E-state index in [1.165, 1.54) is 12.3 Å². The minimum Gasteiger partial charge on any atom is -0.463 e. The van der Waals surface area contributed by atoms with Gasteiger partial charge in [-0.2, -0.15) is 0 Å². The number of aromatic nitrogens is 2. The summed E-state index contributed by atoms with van der Waals surface area (Å²) in [6.07, 6.45) is 1.50. The van der Waals surface area contributed by atoms with Crippen LogP contribution < -0.4 is 5.32 Å². The number of nitrogens with one attached hydrogen (secondary N) is 1. The van der Waals surface area contributed by atoms with Crippen molar-refractivity contribution >= 4 is 28.7 Å². The van der Waals surface area contributed by atoms with E-state index in [1.807, 2.05) is 48.5 Å². The zero-order valence-electron chi connectivity index (χ0n) is 18.1. The lowest BCUT2D eigenvalue weighted by atomic mass is 10.0. The highest BCUT2D eigenvalue weighted by Crippen LogP contribution is 2.29. The lowest BCUT2D eigenvalue weighted by Crippen LogP contribution is -2.21. The number of para-hydroxylation sites is 1. The highest BCUT2D eigenvalue weighted by molar-refractivity contribution is 6.05. The summed E-state index contributed by atoms with van der Waals surface area (Å²) in [4.78, 5) is 29.9. The maximum atomic E-state index is 12.9. The molecule has 8 heteroatoms. The molecular weight excluding hydrogens is 434 g/mol. The number of nitrogens with zero attached hydrogens (tertiary/aromatic N) is 2. The number of furan rings is 1. The number of carbonyl (C=O) groups excluding carboxylic acids is 2. The molecule has 0 fully saturated rings. The molecular formula is C26H19N3O5. The van der Waals surface area contributed by atoms with Gasteiger partial charge in [-0.25, -0.2) is 9.78 Å². The van der Waals surface area contributed by atoms with E-state index in [4.69, 9.17) is 13.7 Å². The van der Waals surface area contributed by atoms with Crippen molar-refractivity contribution in [1.82, 2.24) is 10.1 Å². The molecule has 168 valence electrons. The molecule has 0 saturated heterocycles. The van der Waals surface area contributed by atoms with E-state index < -0.39 is 18.5 Å². The van der Waals surface area contributed by atoms with Crippen molar-refractivity contribution < 1.29 is 23.3 Å². The van der Waals surface area contributed by atoms with Gasteiger partial charge in [0.15, 0.2) is 12.4 Å². The molecule has 1 N–H and O–H groups in total. The second-order valence-electron chi connectivity index (χ2n) is 7.52. The first-order valence-corrected chi connectivity index (χ1v) is 10.5. The van der Waals surface area contributed by atoms with Gasteiger partial charge in [0.2, 0.25) is 0 Å². The summed E-state index contributed by atoms with van der Waals surface area (Å²) in [5, 5.41) is 7.14. The predicted octanol–water partition coefficient (Wildman–Crippen LogP) is 5.25. The van der Waals surface area contributed by atoms with E-state index in [1.54, 1.807) is 25.1 Å². The molecule has 8 nitrogen and oxygen atoms in total. The van der Waals surface area contributed by atoms with Crippen molar-refractivity contribution in [3.05, 3.63) is 90.3 Å². The van der Waals surface area contributed by atoms with Crippen molar-refractivity contribution in [2.45, 2.75) is 6.92 Å². The lowest BCUT2D eigenvalue weighted by Gasteiger charge is -2.12. The number of aryl methyl sites for hydroxylation is 1. The normalized spacial score (nSPS) is 10.9. The van der Waals surface area contributed by atoms with Gasteiger partial charge in [-0.3, -0.25) is 4.79 Å².